The van der Waals surface area contributed by atoms with E-state index in [9.17, 15) is 8.42 Å². The number of morpholine rings is 1. The summed E-state index contributed by atoms with van der Waals surface area (Å²) >= 11 is 0. The zero-order chi connectivity index (χ0) is 15.5. The minimum atomic E-state index is -3.37. The fraction of sp³-hybridized carbons (Fsp3) is 0.571. The summed E-state index contributed by atoms with van der Waals surface area (Å²) in [4.78, 5) is 0. The molecule has 1 saturated heterocycles. The zero-order valence-electron chi connectivity index (χ0n) is 12.4. The number of nitrogens with two attached hydrogens (primary N) is 1. The standard InChI is InChI=1S/C14H22N2O4S/c1-14(2)11-19-7-6-16(14)21(17,18)9-8-20-13-5-3-4-12(15)10-13/h3-5,10H,6-9,11,15H2,1-2H3. The summed E-state index contributed by atoms with van der Waals surface area (Å²) in [5, 5.41) is 0. The molecule has 0 saturated carbocycles. The van der Waals surface area contributed by atoms with Crippen molar-refractivity contribution in [3.05, 3.63) is 24.3 Å². The van der Waals surface area contributed by atoms with Crippen LogP contribution in [0.2, 0.25) is 0 Å². The van der Waals surface area contributed by atoms with Crippen molar-refractivity contribution in [1.82, 2.24) is 4.31 Å². The van der Waals surface area contributed by atoms with Crippen LogP contribution in [-0.2, 0) is 14.8 Å². The van der Waals surface area contributed by atoms with Gasteiger partial charge in [-0.3, -0.25) is 0 Å². The van der Waals surface area contributed by atoms with E-state index in [2.05, 4.69) is 0 Å². The fourth-order valence-electron chi connectivity index (χ4n) is 2.34. The molecular weight excluding hydrogens is 292 g/mol. The topological polar surface area (TPSA) is 81.9 Å². The van der Waals surface area contributed by atoms with Crippen LogP contribution in [-0.4, -0.2) is 50.4 Å². The van der Waals surface area contributed by atoms with Crippen LogP contribution in [0.5, 0.6) is 5.75 Å². The number of benzene rings is 1. The maximum Gasteiger partial charge on any atom is 0.218 e. The maximum atomic E-state index is 12.4. The van der Waals surface area contributed by atoms with Gasteiger partial charge in [0.15, 0.2) is 0 Å². The predicted octanol–water partition coefficient (Wildman–Crippen LogP) is 1.09. The Morgan fingerprint density at radius 3 is 2.86 bits per heavy atom. The van der Waals surface area contributed by atoms with E-state index in [-0.39, 0.29) is 12.4 Å². The Labute approximate surface area is 125 Å². The largest absolute Gasteiger partial charge is 0.492 e. The molecule has 1 aromatic carbocycles. The van der Waals surface area contributed by atoms with E-state index in [1.54, 1.807) is 24.3 Å². The van der Waals surface area contributed by atoms with Crippen LogP contribution in [0, 0.1) is 0 Å². The van der Waals surface area contributed by atoms with Crippen molar-refractivity contribution in [2.45, 2.75) is 19.4 Å². The zero-order valence-corrected chi connectivity index (χ0v) is 13.2. The van der Waals surface area contributed by atoms with E-state index in [4.69, 9.17) is 15.2 Å². The number of ether oxygens (including phenoxy) is 2. The van der Waals surface area contributed by atoms with Gasteiger partial charge in [0.1, 0.15) is 12.4 Å². The number of hydrogen-bond acceptors (Lipinski definition) is 5. The molecule has 118 valence electrons. The van der Waals surface area contributed by atoms with Gasteiger partial charge in [0.05, 0.1) is 24.5 Å². The van der Waals surface area contributed by atoms with Gasteiger partial charge in [-0.05, 0) is 26.0 Å². The molecule has 1 aromatic rings. The van der Waals surface area contributed by atoms with Gasteiger partial charge in [-0.1, -0.05) is 6.07 Å². The monoisotopic (exact) mass is 314 g/mol. The smallest absolute Gasteiger partial charge is 0.218 e. The molecule has 0 bridgehead atoms. The Morgan fingerprint density at radius 2 is 2.19 bits per heavy atom. The molecule has 21 heavy (non-hydrogen) atoms. The number of anilines is 1. The summed E-state index contributed by atoms with van der Waals surface area (Å²) in [6.45, 7) is 5.04. The number of sulfonamides is 1. The molecule has 0 atom stereocenters. The van der Waals surface area contributed by atoms with Gasteiger partial charge in [0.2, 0.25) is 10.0 Å². The lowest BCUT2D eigenvalue weighted by Crippen LogP contribution is -2.56. The van der Waals surface area contributed by atoms with Crippen molar-refractivity contribution in [3.63, 3.8) is 0 Å². The van der Waals surface area contributed by atoms with E-state index in [1.165, 1.54) is 4.31 Å². The highest BCUT2D eigenvalue weighted by Crippen LogP contribution is 2.23. The summed E-state index contributed by atoms with van der Waals surface area (Å²) in [7, 11) is -3.37. The number of rotatable bonds is 5. The van der Waals surface area contributed by atoms with Crippen molar-refractivity contribution in [3.8, 4) is 5.75 Å². The van der Waals surface area contributed by atoms with Crippen molar-refractivity contribution in [1.29, 1.82) is 0 Å². The second-order valence-electron chi connectivity index (χ2n) is 5.67. The lowest BCUT2D eigenvalue weighted by Gasteiger charge is -2.40. The molecule has 2 rings (SSSR count). The van der Waals surface area contributed by atoms with Gasteiger partial charge in [0.25, 0.3) is 0 Å². The molecule has 1 heterocycles. The average molecular weight is 314 g/mol. The molecule has 6 nitrogen and oxygen atoms in total. The van der Waals surface area contributed by atoms with Gasteiger partial charge < -0.3 is 15.2 Å². The molecule has 0 aliphatic carbocycles. The minimum absolute atomic E-state index is 0.0643. The van der Waals surface area contributed by atoms with Crippen molar-refractivity contribution >= 4 is 15.7 Å². The summed E-state index contributed by atoms with van der Waals surface area (Å²) in [6, 6.07) is 6.94. The first kappa shape index (κ1) is 16.1. The van der Waals surface area contributed by atoms with Gasteiger partial charge >= 0.3 is 0 Å². The Hall–Kier alpha value is -1.31. The molecular formula is C14H22N2O4S. The Morgan fingerprint density at radius 1 is 1.43 bits per heavy atom. The van der Waals surface area contributed by atoms with E-state index < -0.39 is 15.6 Å². The van der Waals surface area contributed by atoms with Gasteiger partial charge in [-0.25, -0.2) is 8.42 Å². The summed E-state index contributed by atoms with van der Waals surface area (Å²) in [5.41, 5.74) is 5.72. The SMILES string of the molecule is CC1(C)COCCN1S(=O)(=O)CCOc1cccc(N)c1. The molecule has 0 unspecified atom stereocenters. The Balaban J connectivity index is 1.95. The average Bonchev–Trinajstić information content (AvgIpc) is 2.37. The van der Waals surface area contributed by atoms with Crippen LogP contribution < -0.4 is 10.5 Å². The molecule has 1 aliphatic heterocycles. The predicted molar refractivity (Wildman–Crippen MR) is 81.7 cm³/mol. The van der Waals surface area contributed by atoms with Crippen LogP contribution in [0.25, 0.3) is 0 Å². The number of nitrogens with zero attached hydrogens (tertiary/aromatic N) is 1. The van der Waals surface area contributed by atoms with Crippen molar-refractivity contribution < 1.29 is 17.9 Å². The minimum Gasteiger partial charge on any atom is -0.492 e. The normalized spacial score (nSPS) is 19.3. The van der Waals surface area contributed by atoms with Gasteiger partial charge in [0, 0.05) is 18.3 Å². The first-order valence-corrected chi connectivity index (χ1v) is 8.49. The maximum absolute atomic E-state index is 12.4. The molecule has 0 aromatic heterocycles. The van der Waals surface area contributed by atoms with Crippen LogP contribution in [0.1, 0.15) is 13.8 Å². The molecule has 0 radical (unpaired) electrons. The van der Waals surface area contributed by atoms with Crippen LogP contribution in [0.4, 0.5) is 5.69 Å². The van der Waals surface area contributed by atoms with Gasteiger partial charge in [-0.2, -0.15) is 4.31 Å². The molecule has 1 fully saturated rings. The molecule has 7 heteroatoms. The quantitative estimate of drug-likeness (QED) is 0.823. The Bertz CT molecular complexity index is 586. The van der Waals surface area contributed by atoms with Crippen LogP contribution >= 0.6 is 0 Å². The van der Waals surface area contributed by atoms with Crippen molar-refractivity contribution in [2.75, 3.05) is 37.9 Å². The fourth-order valence-corrected chi connectivity index (χ4v) is 4.01. The highest BCUT2D eigenvalue weighted by molar-refractivity contribution is 7.89. The number of hydrogen-bond donors (Lipinski definition) is 1. The first-order valence-electron chi connectivity index (χ1n) is 6.88. The molecule has 1 aliphatic rings. The first-order chi connectivity index (χ1) is 9.81. The number of nitrogen functional groups attached to an aromatic ring is 1. The van der Waals surface area contributed by atoms with Gasteiger partial charge in [-0.15, -0.1) is 0 Å². The lowest BCUT2D eigenvalue weighted by atomic mass is 10.1. The second kappa shape index (κ2) is 6.21. The highest BCUT2D eigenvalue weighted by Gasteiger charge is 2.38. The Kier molecular flexibility index (Phi) is 4.75. The molecule has 0 amide bonds. The third kappa shape index (κ3) is 4.09. The van der Waals surface area contributed by atoms with Crippen LogP contribution in [0.15, 0.2) is 24.3 Å². The third-order valence-corrected chi connectivity index (χ3v) is 5.40. The molecule has 0 spiro atoms. The lowest BCUT2D eigenvalue weighted by molar-refractivity contribution is -0.00779. The second-order valence-corrected chi connectivity index (χ2v) is 7.69. The van der Waals surface area contributed by atoms with E-state index in [1.807, 2.05) is 13.8 Å². The van der Waals surface area contributed by atoms with E-state index >= 15 is 0 Å². The molecule has 2 N–H and O–H groups in total. The van der Waals surface area contributed by atoms with Crippen molar-refractivity contribution in [2.24, 2.45) is 0 Å². The summed E-state index contributed by atoms with van der Waals surface area (Å²) in [5.74, 6) is 0.511. The van der Waals surface area contributed by atoms with E-state index in [0.717, 1.165) is 0 Å². The summed E-state index contributed by atoms with van der Waals surface area (Å²) in [6.07, 6.45) is 0. The third-order valence-electron chi connectivity index (χ3n) is 3.37. The highest BCUT2D eigenvalue weighted by atomic mass is 32.2. The van der Waals surface area contributed by atoms with Crippen LogP contribution in [0.3, 0.4) is 0 Å². The summed E-state index contributed by atoms with van der Waals surface area (Å²) < 4.78 is 37.2. The van der Waals surface area contributed by atoms with E-state index in [0.29, 0.717) is 31.2 Å².